The molecule has 1 saturated heterocycles. The van der Waals surface area contributed by atoms with E-state index in [9.17, 15) is 4.79 Å². The Labute approximate surface area is 120 Å². The first-order chi connectivity index (χ1) is 9.81. The molecule has 0 spiro atoms. The van der Waals surface area contributed by atoms with Crippen LogP contribution < -0.4 is 0 Å². The highest BCUT2D eigenvalue weighted by Gasteiger charge is 2.44. The molecule has 2 aliphatic carbocycles. The molecule has 0 aromatic carbocycles. The van der Waals surface area contributed by atoms with Gasteiger partial charge in [-0.3, -0.25) is 9.48 Å². The summed E-state index contributed by atoms with van der Waals surface area (Å²) in [5.41, 5.74) is 0. The van der Waals surface area contributed by atoms with Crippen molar-refractivity contribution in [2.75, 3.05) is 13.1 Å². The lowest BCUT2D eigenvalue weighted by molar-refractivity contribution is -0.139. The summed E-state index contributed by atoms with van der Waals surface area (Å²) in [7, 11) is 0. The maximum absolute atomic E-state index is 12.8. The Morgan fingerprint density at radius 3 is 2.85 bits per heavy atom. The highest BCUT2D eigenvalue weighted by atomic mass is 16.2. The number of piperidine rings is 1. The molecule has 4 nitrogen and oxygen atoms in total. The topological polar surface area (TPSA) is 38.1 Å². The molecule has 4 atom stereocenters. The van der Waals surface area contributed by atoms with Crippen LogP contribution in [-0.4, -0.2) is 33.7 Å². The van der Waals surface area contributed by atoms with Gasteiger partial charge in [0.05, 0.1) is 6.04 Å². The van der Waals surface area contributed by atoms with Gasteiger partial charge in [0.1, 0.15) is 0 Å². The predicted octanol–water partition coefficient (Wildman–Crippen LogP) is 2.48. The van der Waals surface area contributed by atoms with E-state index in [-0.39, 0.29) is 0 Å². The van der Waals surface area contributed by atoms with E-state index >= 15 is 0 Å². The minimum absolute atomic E-state index is 0.338. The Balaban J connectivity index is 1.44. The largest absolute Gasteiger partial charge is 0.340 e. The molecule has 108 valence electrons. The van der Waals surface area contributed by atoms with E-state index in [0.29, 0.717) is 23.8 Å². The van der Waals surface area contributed by atoms with E-state index in [1.807, 2.05) is 23.1 Å². The van der Waals surface area contributed by atoms with E-state index in [1.54, 1.807) is 0 Å². The van der Waals surface area contributed by atoms with Crippen molar-refractivity contribution in [2.45, 2.75) is 44.6 Å². The van der Waals surface area contributed by atoms with Gasteiger partial charge in [-0.2, -0.15) is 5.10 Å². The molecule has 1 aromatic heterocycles. The number of hydrogen-bond donors (Lipinski definition) is 0. The first-order valence-corrected chi connectivity index (χ1v) is 8.09. The molecule has 4 rings (SSSR count). The Hall–Kier alpha value is -1.32. The van der Waals surface area contributed by atoms with Crippen molar-refractivity contribution in [1.82, 2.24) is 14.7 Å². The Morgan fingerprint density at radius 1 is 1.20 bits per heavy atom. The molecule has 2 saturated carbocycles. The molecule has 1 aliphatic heterocycles. The summed E-state index contributed by atoms with van der Waals surface area (Å²) in [5, 5.41) is 4.35. The maximum atomic E-state index is 12.8. The number of rotatable bonds is 2. The molecule has 0 unspecified atom stereocenters. The molecule has 3 aliphatic rings. The summed E-state index contributed by atoms with van der Waals surface area (Å²) in [6.45, 7) is 1.80. The second-order valence-electron chi connectivity index (χ2n) is 6.85. The summed E-state index contributed by atoms with van der Waals surface area (Å²) >= 11 is 0. The van der Waals surface area contributed by atoms with E-state index in [1.165, 1.54) is 19.3 Å². The van der Waals surface area contributed by atoms with Crippen molar-refractivity contribution >= 4 is 5.91 Å². The lowest BCUT2D eigenvalue weighted by atomic mass is 9.87. The van der Waals surface area contributed by atoms with Gasteiger partial charge in [0.25, 0.3) is 0 Å². The fourth-order valence-electron chi connectivity index (χ4n) is 4.65. The highest BCUT2D eigenvalue weighted by molar-refractivity contribution is 5.79. The average Bonchev–Trinajstić information content (AvgIpc) is 3.23. The highest BCUT2D eigenvalue weighted by Crippen LogP contribution is 2.49. The fraction of sp³-hybridized carbons (Fsp3) is 0.750. The van der Waals surface area contributed by atoms with E-state index in [2.05, 4.69) is 10.00 Å². The van der Waals surface area contributed by atoms with Crippen LogP contribution in [0, 0.1) is 17.8 Å². The molecule has 2 bridgehead atoms. The van der Waals surface area contributed by atoms with Gasteiger partial charge < -0.3 is 4.90 Å². The van der Waals surface area contributed by atoms with Crippen molar-refractivity contribution in [3.8, 4) is 0 Å². The zero-order chi connectivity index (χ0) is 13.5. The van der Waals surface area contributed by atoms with Crippen LogP contribution in [0.25, 0.3) is 0 Å². The lowest BCUT2D eigenvalue weighted by Gasteiger charge is -2.36. The van der Waals surface area contributed by atoms with Gasteiger partial charge in [-0.15, -0.1) is 0 Å². The molecule has 3 fully saturated rings. The van der Waals surface area contributed by atoms with Crippen molar-refractivity contribution in [2.24, 2.45) is 17.8 Å². The molecule has 0 N–H and O–H groups in total. The monoisotopic (exact) mass is 273 g/mol. The Bertz CT molecular complexity index is 484. The van der Waals surface area contributed by atoms with Crippen molar-refractivity contribution in [3.63, 3.8) is 0 Å². The maximum Gasteiger partial charge on any atom is 0.226 e. The van der Waals surface area contributed by atoms with Crippen LogP contribution in [0.5, 0.6) is 0 Å². The van der Waals surface area contributed by atoms with Gasteiger partial charge in [-0.1, -0.05) is 6.42 Å². The van der Waals surface area contributed by atoms with Gasteiger partial charge in [0.15, 0.2) is 0 Å². The van der Waals surface area contributed by atoms with Gasteiger partial charge in [-0.25, -0.2) is 0 Å². The molecule has 1 amide bonds. The third kappa shape index (κ3) is 2.05. The van der Waals surface area contributed by atoms with Crippen molar-refractivity contribution in [3.05, 3.63) is 18.5 Å². The first kappa shape index (κ1) is 12.4. The van der Waals surface area contributed by atoms with Crippen LogP contribution in [0.15, 0.2) is 18.5 Å². The normalized spacial score (nSPS) is 36.5. The smallest absolute Gasteiger partial charge is 0.226 e. The molecule has 20 heavy (non-hydrogen) atoms. The standard InChI is InChI=1S/C16H23N3O/c20-16(15-10-12-4-5-13(15)9-12)18-7-1-3-14(11-18)19-8-2-6-17-19/h2,6,8,12-15H,1,3-5,7,9-11H2/t12-,13-,14-,15-/m0/s1. The second kappa shape index (κ2) is 4.90. The third-order valence-corrected chi connectivity index (χ3v) is 5.66. The lowest BCUT2D eigenvalue weighted by Crippen LogP contribution is -2.44. The van der Waals surface area contributed by atoms with Crippen molar-refractivity contribution in [1.29, 1.82) is 0 Å². The zero-order valence-corrected chi connectivity index (χ0v) is 11.9. The number of hydrogen-bond acceptors (Lipinski definition) is 2. The molecule has 0 radical (unpaired) electrons. The number of likely N-dealkylation sites (tertiary alicyclic amines) is 1. The average molecular weight is 273 g/mol. The van der Waals surface area contributed by atoms with Gasteiger partial charge in [-0.05, 0) is 50.0 Å². The van der Waals surface area contributed by atoms with E-state index in [0.717, 1.165) is 38.3 Å². The number of aromatic nitrogens is 2. The molecule has 4 heteroatoms. The number of amides is 1. The summed E-state index contributed by atoms with van der Waals surface area (Å²) in [5.74, 6) is 2.32. The van der Waals surface area contributed by atoms with E-state index in [4.69, 9.17) is 0 Å². The predicted molar refractivity (Wildman–Crippen MR) is 76.0 cm³/mol. The Morgan fingerprint density at radius 2 is 2.15 bits per heavy atom. The number of carbonyl (C=O) groups is 1. The molecular formula is C16H23N3O. The molecule has 1 aromatic rings. The summed E-state index contributed by atoms with van der Waals surface area (Å²) in [6.07, 6.45) is 11.2. The van der Waals surface area contributed by atoms with Gasteiger partial charge in [0.2, 0.25) is 5.91 Å². The van der Waals surface area contributed by atoms with Crippen LogP contribution in [-0.2, 0) is 4.79 Å². The Kier molecular flexibility index (Phi) is 3.04. The minimum Gasteiger partial charge on any atom is -0.340 e. The number of nitrogens with zero attached hydrogens (tertiary/aromatic N) is 3. The van der Waals surface area contributed by atoms with Crippen LogP contribution in [0.3, 0.4) is 0 Å². The third-order valence-electron chi connectivity index (χ3n) is 5.66. The number of fused-ring (bicyclic) bond motifs is 2. The van der Waals surface area contributed by atoms with E-state index < -0.39 is 0 Å². The number of carbonyl (C=O) groups excluding carboxylic acids is 1. The molecule has 2 heterocycles. The van der Waals surface area contributed by atoms with Crippen molar-refractivity contribution < 1.29 is 4.79 Å². The second-order valence-corrected chi connectivity index (χ2v) is 6.85. The van der Waals surface area contributed by atoms with Crippen LogP contribution in [0.2, 0.25) is 0 Å². The first-order valence-electron chi connectivity index (χ1n) is 8.09. The van der Waals surface area contributed by atoms with Crippen LogP contribution in [0.4, 0.5) is 0 Å². The summed E-state index contributed by atoms with van der Waals surface area (Å²) in [4.78, 5) is 14.9. The van der Waals surface area contributed by atoms with Crippen LogP contribution >= 0.6 is 0 Å². The van der Waals surface area contributed by atoms with Gasteiger partial charge >= 0.3 is 0 Å². The summed E-state index contributed by atoms with van der Waals surface area (Å²) < 4.78 is 2.03. The summed E-state index contributed by atoms with van der Waals surface area (Å²) in [6, 6.07) is 2.35. The fourth-order valence-corrected chi connectivity index (χ4v) is 4.65. The molecular weight excluding hydrogens is 250 g/mol. The quantitative estimate of drug-likeness (QED) is 0.830. The zero-order valence-electron chi connectivity index (χ0n) is 11.9. The van der Waals surface area contributed by atoms with Gasteiger partial charge in [0, 0.05) is 31.4 Å². The minimum atomic E-state index is 0.338. The SMILES string of the molecule is O=C([C@H]1C[C@H]2CC[C@H]1C2)N1CCC[C@H](n2cccn2)C1. The van der Waals surface area contributed by atoms with Crippen LogP contribution in [0.1, 0.15) is 44.6 Å².